The Bertz CT molecular complexity index is 341. The molecule has 0 aromatic heterocycles. The summed E-state index contributed by atoms with van der Waals surface area (Å²) in [6, 6.07) is 0. The maximum atomic E-state index is 11.2. The van der Waals surface area contributed by atoms with Crippen molar-refractivity contribution < 1.29 is 19.8 Å². The number of hydrogen-bond acceptors (Lipinski definition) is 2. The number of carbonyl (C=O) groups is 2. The highest BCUT2D eigenvalue weighted by Crippen LogP contribution is 2.20. The second-order valence-electron chi connectivity index (χ2n) is 7.62. The van der Waals surface area contributed by atoms with Crippen LogP contribution in [-0.2, 0) is 9.59 Å². The van der Waals surface area contributed by atoms with Gasteiger partial charge in [-0.3, -0.25) is 9.59 Å². The Morgan fingerprint density at radius 3 is 1.68 bits per heavy atom. The Hall–Kier alpha value is -1.06. The average molecular weight is 357 g/mol. The highest BCUT2D eigenvalue weighted by molar-refractivity contribution is 5.69. The van der Waals surface area contributed by atoms with E-state index in [4.69, 9.17) is 5.11 Å². The van der Waals surface area contributed by atoms with E-state index >= 15 is 0 Å². The van der Waals surface area contributed by atoms with E-state index < -0.39 is 11.9 Å². The van der Waals surface area contributed by atoms with Gasteiger partial charge in [-0.05, 0) is 25.2 Å². The monoisotopic (exact) mass is 356 g/mol. The zero-order valence-electron chi connectivity index (χ0n) is 16.5. The molecule has 4 nitrogen and oxygen atoms in total. The van der Waals surface area contributed by atoms with Gasteiger partial charge in [0.25, 0.3) is 0 Å². The summed E-state index contributed by atoms with van der Waals surface area (Å²) in [5.41, 5.74) is 0. The van der Waals surface area contributed by atoms with Gasteiger partial charge in [0.05, 0.1) is 5.92 Å². The number of carboxylic acid groups (broad SMARTS) is 2. The van der Waals surface area contributed by atoms with Crippen molar-refractivity contribution in [2.24, 2.45) is 11.8 Å². The lowest BCUT2D eigenvalue weighted by Crippen LogP contribution is -2.13. The molecule has 0 aliphatic rings. The SMILES string of the molecule is CCCCC(CCCCCCC(C)CCCCCCC(=O)O)C(=O)O. The third-order valence-corrected chi connectivity index (χ3v) is 5.09. The minimum Gasteiger partial charge on any atom is -0.481 e. The fourth-order valence-corrected chi connectivity index (χ4v) is 3.35. The Balaban J connectivity index is 3.48. The Labute approximate surface area is 154 Å². The molecule has 0 aromatic rings. The first kappa shape index (κ1) is 23.9. The van der Waals surface area contributed by atoms with Crippen LogP contribution in [0.3, 0.4) is 0 Å². The number of unbranched alkanes of at least 4 members (excludes halogenated alkanes) is 7. The van der Waals surface area contributed by atoms with E-state index in [0.717, 1.165) is 63.7 Å². The highest BCUT2D eigenvalue weighted by Gasteiger charge is 2.15. The lowest BCUT2D eigenvalue weighted by atomic mass is 9.93. The molecule has 0 amide bonds. The van der Waals surface area contributed by atoms with Crippen molar-refractivity contribution >= 4 is 11.9 Å². The van der Waals surface area contributed by atoms with Crippen LogP contribution in [-0.4, -0.2) is 22.2 Å². The van der Waals surface area contributed by atoms with Gasteiger partial charge in [-0.2, -0.15) is 0 Å². The molecule has 0 spiro atoms. The molecule has 0 rings (SSSR count). The Morgan fingerprint density at radius 1 is 0.720 bits per heavy atom. The first-order chi connectivity index (χ1) is 12.0. The predicted molar refractivity (Wildman–Crippen MR) is 103 cm³/mol. The molecule has 2 N–H and O–H groups in total. The van der Waals surface area contributed by atoms with Gasteiger partial charge < -0.3 is 10.2 Å². The van der Waals surface area contributed by atoms with Crippen LogP contribution in [0.2, 0.25) is 0 Å². The smallest absolute Gasteiger partial charge is 0.306 e. The second-order valence-corrected chi connectivity index (χ2v) is 7.62. The summed E-state index contributed by atoms with van der Waals surface area (Å²) in [4.78, 5) is 21.6. The fourth-order valence-electron chi connectivity index (χ4n) is 3.35. The third kappa shape index (κ3) is 16.2. The van der Waals surface area contributed by atoms with Crippen LogP contribution in [0.25, 0.3) is 0 Å². The summed E-state index contributed by atoms with van der Waals surface area (Å²) in [6.07, 6.45) is 15.4. The molecule has 2 unspecified atom stereocenters. The fraction of sp³-hybridized carbons (Fsp3) is 0.905. The molecule has 0 saturated heterocycles. The molecule has 0 radical (unpaired) electrons. The van der Waals surface area contributed by atoms with Gasteiger partial charge in [0.1, 0.15) is 0 Å². The Morgan fingerprint density at radius 2 is 1.20 bits per heavy atom. The molecule has 0 saturated carbocycles. The third-order valence-electron chi connectivity index (χ3n) is 5.09. The average Bonchev–Trinajstić information content (AvgIpc) is 2.56. The van der Waals surface area contributed by atoms with E-state index in [0.29, 0.717) is 6.42 Å². The molecule has 4 heteroatoms. The van der Waals surface area contributed by atoms with E-state index in [1.807, 2.05) is 0 Å². The van der Waals surface area contributed by atoms with E-state index in [1.165, 1.54) is 32.1 Å². The van der Waals surface area contributed by atoms with Crippen molar-refractivity contribution in [3.05, 3.63) is 0 Å². The lowest BCUT2D eigenvalue weighted by Gasteiger charge is -2.12. The molecular formula is C21H40O4. The number of carboxylic acids is 2. The van der Waals surface area contributed by atoms with E-state index in [-0.39, 0.29) is 5.92 Å². The summed E-state index contributed by atoms with van der Waals surface area (Å²) < 4.78 is 0. The summed E-state index contributed by atoms with van der Waals surface area (Å²) in [7, 11) is 0. The van der Waals surface area contributed by atoms with Gasteiger partial charge in [0.15, 0.2) is 0 Å². The van der Waals surface area contributed by atoms with Crippen molar-refractivity contribution in [2.75, 3.05) is 0 Å². The lowest BCUT2D eigenvalue weighted by molar-refractivity contribution is -0.142. The maximum Gasteiger partial charge on any atom is 0.306 e. The molecule has 0 aromatic carbocycles. The van der Waals surface area contributed by atoms with Crippen molar-refractivity contribution in [1.29, 1.82) is 0 Å². The van der Waals surface area contributed by atoms with Crippen molar-refractivity contribution in [2.45, 2.75) is 110 Å². The zero-order chi connectivity index (χ0) is 18.9. The van der Waals surface area contributed by atoms with Gasteiger partial charge in [-0.1, -0.05) is 84.5 Å². The maximum absolute atomic E-state index is 11.2. The van der Waals surface area contributed by atoms with Crippen LogP contribution in [0.4, 0.5) is 0 Å². The minimum absolute atomic E-state index is 0.139. The minimum atomic E-state index is -0.687. The van der Waals surface area contributed by atoms with Crippen LogP contribution < -0.4 is 0 Å². The largest absolute Gasteiger partial charge is 0.481 e. The summed E-state index contributed by atoms with van der Waals surface area (Å²) in [5.74, 6) is -0.699. The molecular weight excluding hydrogens is 316 g/mol. The number of aliphatic carboxylic acids is 2. The summed E-state index contributed by atoms with van der Waals surface area (Å²) >= 11 is 0. The molecule has 0 bridgehead atoms. The normalized spacial score (nSPS) is 13.5. The molecule has 0 fully saturated rings. The van der Waals surface area contributed by atoms with Crippen LogP contribution in [0.1, 0.15) is 110 Å². The van der Waals surface area contributed by atoms with Crippen LogP contribution in [0, 0.1) is 11.8 Å². The quantitative estimate of drug-likeness (QED) is 0.283. The van der Waals surface area contributed by atoms with Crippen LogP contribution in [0.5, 0.6) is 0 Å². The van der Waals surface area contributed by atoms with E-state index in [2.05, 4.69) is 13.8 Å². The van der Waals surface area contributed by atoms with Crippen molar-refractivity contribution in [1.82, 2.24) is 0 Å². The van der Waals surface area contributed by atoms with Gasteiger partial charge in [0, 0.05) is 6.42 Å². The number of hydrogen-bond donors (Lipinski definition) is 2. The molecule has 25 heavy (non-hydrogen) atoms. The van der Waals surface area contributed by atoms with Gasteiger partial charge in [0.2, 0.25) is 0 Å². The van der Waals surface area contributed by atoms with Crippen LogP contribution in [0.15, 0.2) is 0 Å². The van der Waals surface area contributed by atoms with Crippen LogP contribution >= 0.6 is 0 Å². The van der Waals surface area contributed by atoms with Gasteiger partial charge in [-0.25, -0.2) is 0 Å². The second kappa shape index (κ2) is 16.4. The number of rotatable bonds is 18. The topological polar surface area (TPSA) is 74.6 Å². The first-order valence-electron chi connectivity index (χ1n) is 10.4. The van der Waals surface area contributed by atoms with Crippen molar-refractivity contribution in [3.63, 3.8) is 0 Å². The first-order valence-corrected chi connectivity index (χ1v) is 10.4. The van der Waals surface area contributed by atoms with E-state index in [9.17, 15) is 14.7 Å². The molecule has 0 aliphatic carbocycles. The zero-order valence-corrected chi connectivity index (χ0v) is 16.5. The summed E-state index contributed by atoms with van der Waals surface area (Å²) in [5, 5.41) is 17.8. The van der Waals surface area contributed by atoms with Gasteiger partial charge in [-0.15, -0.1) is 0 Å². The standard InChI is InChI=1S/C21H40O4/c1-3-4-15-19(21(24)25)16-11-7-5-9-13-18(2)14-10-6-8-12-17-20(22)23/h18-19H,3-17H2,1-2H3,(H,22,23)(H,24,25). The summed E-state index contributed by atoms with van der Waals surface area (Å²) in [6.45, 7) is 4.42. The van der Waals surface area contributed by atoms with Crippen molar-refractivity contribution in [3.8, 4) is 0 Å². The molecule has 148 valence electrons. The Kier molecular flexibility index (Phi) is 15.7. The van der Waals surface area contributed by atoms with Gasteiger partial charge >= 0.3 is 11.9 Å². The van der Waals surface area contributed by atoms with E-state index in [1.54, 1.807) is 0 Å². The highest BCUT2D eigenvalue weighted by atomic mass is 16.4. The molecule has 0 aliphatic heterocycles. The molecule has 0 heterocycles. The predicted octanol–water partition coefficient (Wildman–Crippen LogP) is 6.28. The molecule has 2 atom stereocenters.